The van der Waals surface area contributed by atoms with E-state index in [1.165, 1.54) is 18.6 Å². The van der Waals surface area contributed by atoms with E-state index in [2.05, 4.69) is 34.6 Å². The minimum atomic E-state index is -0.575. The number of hydrogen-bond acceptors (Lipinski definition) is 11. The van der Waals surface area contributed by atoms with Crippen LogP contribution in [-0.4, -0.2) is 50.9 Å². The highest BCUT2D eigenvalue weighted by molar-refractivity contribution is 5.93. The fourth-order valence-corrected chi connectivity index (χ4v) is 8.19. The van der Waals surface area contributed by atoms with Crippen molar-refractivity contribution >= 4 is 40.8 Å². The quantitative estimate of drug-likeness (QED) is 0.0183. The molecular formula is C64H90O11. The molecule has 0 fully saturated rings. The number of fused-ring (bicyclic) bond motifs is 1. The molecule has 4 aromatic rings. The summed E-state index contributed by atoms with van der Waals surface area (Å²) in [5.41, 5.74) is 2.05. The van der Waals surface area contributed by atoms with E-state index in [1.807, 2.05) is 50.2 Å². The first-order valence-corrected chi connectivity index (χ1v) is 28.6. The van der Waals surface area contributed by atoms with Crippen LogP contribution in [0.4, 0.5) is 0 Å². The highest BCUT2D eigenvalue weighted by Crippen LogP contribution is 2.42. The van der Waals surface area contributed by atoms with Crippen LogP contribution < -0.4 is 33.2 Å². The molecule has 4 rings (SSSR count). The van der Waals surface area contributed by atoms with Gasteiger partial charge in [0.1, 0.15) is 18.1 Å². The van der Waals surface area contributed by atoms with Crippen molar-refractivity contribution in [3.63, 3.8) is 0 Å². The van der Waals surface area contributed by atoms with Gasteiger partial charge in [-0.2, -0.15) is 0 Å². The molecular weight excluding hydrogens is 945 g/mol. The summed E-state index contributed by atoms with van der Waals surface area (Å²) in [5.74, 6) is 1.94. The molecule has 0 amide bonds. The molecule has 75 heavy (non-hydrogen) atoms. The minimum absolute atomic E-state index is 0.0473. The third-order valence-electron chi connectivity index (χ3n) is 13.0. The largest absolute Gasteiger partial charge is 0.490 e. The molecule has 0 bridgehead atoms. The molecule has 1 atom stereocenters. The molecule has 412 valence electrons. The summed E-state index contributed by atoms with van der Waals surface area (Å²) in [5, 5.41) is 1.58. The van der Waals surface area contributed by atoms with E-state index in [0.717, 1.165) is 133 Å². The van der Waals surface area contributed by atoms with E-state index in [4.69, 9.17) is 37.9 Å². The van der Waals surface area contributed by atoms with Gasteiger partial charge < -0.3 is 37.9 Å². The first kappa shape index (κ1) is 61.6. The van der Waals surface area contributed by atoms with Crippen molar-refractivity contribution in [2.24, 2.45) is 5.92 Å². The van der Waals surface area contributed by atoms with Crippen molar-refractivity contribution in [3.8, 4) is 40.2 Å². The number of ether oxygens (including phenoxy) is 8. The van der Waals surface area contributed by atoms with Gasteiger partial charge in [0.2, 0.25) is 5.75 Å². The lowest BCUT2D eigenvalue weighted by molar-refractivity contribution is -0.149. The van der Waals surface area contributed by atoms with E-state index in [0.29, 0.717) is 96.4 Å². The number of benzene rings is 4. The molecule has 0 aliphatic carbocycles. The van der Waals surface area contributed by atoms with Crippen LogP contribution in [0, 0.1) is 5.92 Å². The molecule has 0 aromatic heterocycles. The van der Waals surface area contributed by atoms with Gasteiger partial charge >= 0.3 is 17.9 Å². The molecule has 11 heteroatoms. The van der Waals surface area contributed by atoms with E-state index in [9.17, 15) is 14.4 Å². The summed E-state index contributed by atoms with van der Waals surface area (Å²) < 4.78 is 49.4. The molecule has 0 aliphatic rings. The van der Waals surface area contributed by atoms with Gasteiger partial charge in [0.05, 0.1) is 39.0 Å². The third kappa shape index (κ3) is 22.8. The van der Waals surface area contributed by atoms with Gasteiger partial charge in [-0.1, -0.05) is 169 Å². The van der Waals surface area contributed by atoms with E-state index in [1.54, 1.807) is 36.4 Å². The Hall–Kier alpha value is -5.97. The normalized spacial score (nSPS) is 11.8. The van der Waals surface area contributed by atoms with Crippen LogP contribution in [-0.2, 0) is 25.7 Å². The summed E-state index contributed by atoms with van der Waals surface area (Å²) in [7, 11) is 0. The van der Waals surface area contributed by atoms with Crippen molar-refractivity contribution in [1.82, 2.24) is 0 Å². The Morgan fingerprint density at radius 1 is 0.440 bits per heavy atom. The second-order valence-corrected chi connectivity index (χ2v) is 19.4. The van der Waals surface area contributed by atoms with Gasteiger partial charge in [-0.15, -0.1) is 0 Å². The third-order valence-corrected chi connectivity index (χ3v) is 13.0. The zero-order valence-electron chi connectivity index (χ0n) is 46.7. The lowest BCUT2D eigenvalue weighted by atomic mass is 10.1. The topological polar surface area (TPSA) is 125 Å². The molecule has 1 unspecified atom stereocenters. The summed E-state index contributed by atoms with van der Waals surface area (Å²) in [6, 6.07) is 18.1. The summed E-state index contributed by atoms with van der Waals surface area (Å²) in [4.78, 5) is 39.4. The summed E-state index contributed by atoms with van der Waals surface area (Å²) in [6.45, 7) is 17.4. The van der Waals surface area contributed by atoms with Gasteiger partial charge in [0, 0.05) is 28.8 Å². The fraction of sp³-hybridized carbons (Fsp3) is 0.547. The number of hydrogen-bond donors (Lipinski definition) is 0. The Morgan fingerprint density at radius 3 is 1.28 bits per heavy atom. The van der Waals surface area contributed by atoms with Gasteiger partial charge in [-0.25, -0.2) is 9.59 Å². The molecule has 0 saturated heterocycles. The SMILES string of the molecule is CCCCCCOc1ccc(C=CC(=O)Oc2ccc3cc(OC(=O)C=Cc4ccc(COC(=O)C(C)CC)c(OCCCCCC)c4OCCCCCC)ccc3c2)c(OCCCCCC)c1OCCCCCC. The molecule has 0 saturated carbocycles. The highest BCUT2D eigenvalue weighted by atomic mass is 16.6. The fourth-order valence-electron chi connectivity index (χ4n) is 8.19. The smallest absolute Gasteiger partial charge is 0.336 e. The van der Waals surface area contributed by atoms with Gasteiger partial charge in [0.25, 0.3) is 0 Å². The predicted molar refractivity (Wildman–Crippen MR) is 304 cm³/mol. The maximum Gasteiger partial charge on any atom is 0.336 e. The zero-order chi connectivity index (χ0) is 53.9. The number of rotatable bonds is 40. The van der Waals surface area contributed by atoms with Crippen LogP contribution in [0.25, 0.3) is 22.9 Å². The minimum Gasteiger partial charge on any atom is -0.490 e. The average Bonchev–Trinajstić information content (AvgIpc) is 3.41. The van der Waals surface area contributed by atoms with E-state index < -0.39 is 11.9 Å². The summed E-state index contributed by atoms with van der Waals surface area (Å²) in [6.07, 6.45) is 28.0. The van der Waals surface area contributed by atoms with Gasteiger partial charge in [-0.3, -0.25) is 4.79 Å². The van der Waals surface area contributed by atoms with Crippen molar-refractivity contribution in [3.05, 3.63) is 89.5 Å². The lowest BCUT2D eigenvalue weighted by Crippen LogP contribution is -2.14. The van der Waals surface area contributed by atoms with E-state index >= 15 is 0 Å². The Labute approximate surface area is 450 Å². The van der Waals surface area contributed by atoms with Crippen molar-refractivity contribution in [2.75, 3.05) is 33.0 Å². The van der Waals surface area contributed by atoms with Gasteiger partial charge in [0.15, 0.2) is 23.0 Å². The first-order valence-electron chi connectivity index (χ1n) is 28.6. The Kier molecular flexibility index (Phi) is 30.3. The Morgan fingerprint density at radius 2 is 0.840 bits per heavy atom. The van der Waals surface area contributed by atoms with Crippen molar-refractivity contribution < 1.29 is 52.3 Å². The predicted octanol–water partition coefficient (Wildman–Crippen LogP) is 17.0. The van der Waals surface area contributed by atoms with E-state index in [-0.39, 0.29) is 18.5 Å². The molecule has 0 radical (unpaired) electrons. The number of carbonyl (C=O) groups excluding carboxylic acids is 3. The Balaban J connectivity index is 1.51. The second kappa shape index (κ2) is 36.9. The molecule has 0 spiro atoms. The van der Waals surface area contributed by atoms with Gasteiger partial charge in [-0.05, 0) is 97.8 Å². The maximum absolute atomic E-state index is 13.4. The molecule has 0 N–H and O–H groups in total. The molecule has 0 aliphatic heterocycles. The standard InChI is InChI=1S/C64H90O11/c1-8-14-19-24-41-68-57-38-33-51(61(70-43-26-21-16-10-3)63(57)72-45-28-23-18-12-5)35-40-59(66)75-56-37-32-52-46-55(36-31-53(52)47-56)74-58(65)39-34-50-29-30-54(48-73-64(67)49(7)13-6)62(71-44-27-22-17-11-4)60(50)69-42-25-20-15-9-2/h29-40,46-47,49H,8-28,41-45,48H2,1-7H3. The summed E-state index contributed by atoms with van der Waals surface area (Å²) >= 11 is 0. The zero-order valence-corrected chi connectivity index (χ0v) is 46.7. The van der Waals surface area contributed by atoms with Crippen LogP contribution in [0.1, 0.15) is 200 Å². The van der Waals surface area contributed by atoms with Crippen LogP contribution >= 0.6 is 0 Å². The van der Waals surface area contributed by atoms with Crippen molar-refractivity contribution in [1.29, 1.82) is 0 Å². The van der Waals surface area contributed by atoms with Crippen LogP contribution in [0.2, 0.25) is 0 Å². The number of esters is 3. The number of unbranched alkanes of at least 4 members (excludes halogenated alkanes) is 15. The average molecular weight is 1040 g/mol. The lowest BCUT2D eigenvalue weighted by Gasteiger charge is -2.19. The molecule has 11 nitrogen and oxygen atoms in total. The van der Waals surface area contributed by atoms with Crippen LogP contribution in [0.5, 0.6) is 40.2 Å². The first-order chi connectivity index (χ1) is 36.6. The van der Waals surface area contributed by atoms with Crippen LogP contribution in [0.3, 0.4) is 0 Å². The highest BCUT2D eigenvalue weighted by Gasteiger charge is 2.21. The molecule has 0 heterocycles. The number of carbonyl (C=O) groups is 3. The van der Waals surface area contributed by atoms with Crippen LogP contribution in [0.15, 0.2) is 72.8 Å². The second-order valence-electron chi connectivity index (χ2n) is 19.4. The molecule has 4 aromatic carbocycles. The van der Waals surface area contributed by atoms with Crippen molar-refractivity contribution in [2.45, 2.75) is 190 Å². The maximum atomic E-state index is 13.4. The Bertz CT molecular complexity index is 2350. The monoisotopic (exact) mass is 1030 g/mol.